The van der Waals surface area contributed by atoms with Crippen LogP contribution in [0.5, 0.6) is 0 Å². The largest absolute Gasteiger partial charge is 0.393 e. The molecule has 6 heteroatoms. The molecule has 1 aliphatic rings. The Kier molecular flexibility index (Phi) is 4.92. The van der Waals surface area contributed by atoms with E-state index in [9.17, 15) is 10.1 Å². The van der Waals surface area contributed by atoms with E-state index in [-0.39, 0.29) is 17.5 Å². The first-order valence-corrected chi connectivity index (χ1v) is 6.97. The third-order valence-electron chi connectivity index (χ3n) is 3.63. The van der Waals surface area contributed by atoms with Crippen LogP contribution in [0, 0.1) is 10.1 Å². The van der Waals surface area contributed by atoms with Crippen molar-refractivity contribution in [3.63, 3.8) is 0 Å². The Morgan fingerprint density at radius 1 is 1.55 bits per heavy atom. The third-order valence-corrected chi connectivity index (χ3v) is 3.63. The maximum atomic E-state index is 10.9. The summed E-state index contributed by atoms with van der Waals surface area (Å²) in [5.74, 6) is 0. The van der Waals surface area contributed by atoms with Crippen molar-refractivity contribution in [3.8, 4) is 0 Å². The van der Waals surface area contributed by atoms with Gasteiger partial charge in [-0.05, 0) is 31.9 Å². The SMILES string of the molecule is CCOC1CCCN(Cc2cccc([N+](=O)[O-])c2N)C1. The van der Waals surface area contributed by atoms with E-state index < -0.39 is 4.92 Å². The average Bonchev–Trinajstić information content (AvgIpc) is 2.42. The monoisotopic (exact) mass is 279 g/mol. The second kappa shape index (κ2) is 6.67. The van der Waals surface area contributed by atoms with Gasteiger partial charge in [0, 0.05) is 25.8 Å². The van der Waals surface area contributed by atoms with Gasteiger partial charge in [0.1, 0.15) is 5.69 Å². The van der Waals surface area contributed by atoms with E-state index in [2.05, 4.69) is 4.90 Å². The van der Waals surface area contributed by atoms with E-state index in [1.54, 1.807) is 6.07 Å². The molecule has 2 rings (SSSR count). The molecule has 1 aromatic carbocycles. The van der Waals surface area contributed by atoms with Gasteiger partial charge in [-0.2, -0.15) is 0 Å². The number of nitrogens with zero attached hydrogens (tertiary/aromatic N) is 2. The second-order valence-electron chi connectivity index (χ2n) is 5.06. The van der Waals surface area contributed by atoms with Gasteiger partial charge in [0.25, 0.3) is 5.69 Å². The molecule has 2 N–H and O–H groups in total. The predicted molar refractivity (Wildman–Crippen MR) is 77.4 cm³/mol. The van der Waals surface area contributed by atoms with Crippen LogP contribution in [0.25, 0.3) is 0 Å². The van der Waals surface area contributed by atoms with Crippen LogP contribution < -0.4 is 5.73 Å². The van der Waals surface area contributed by atoms with E-state index in [4.69, 9.17) is 10.5 Å². The van der Waals surface area contributed by atoms with Gasteiger partial charge in [-0.25, -0.2) is 0 Å². The van der Waals surface area contributed by atoms with E-state index in [0.717, 1.165) is 38.1 Å². The van der Waals surface area contributed by atoms with Crippen molar-refractivity contribution >= 4 is 11.4 Å². The number of anilines is 1. The highest BCUT2D eigenvalue weighted by Gasteiger charge is 2.22. The van der Waals surface area contributed by atoms with Crippen molar-refractivity contribution in [1.82, 2.24) is 4.90 Å². The molecule has 1 saturated heterocycles. The molecular formula is C14H21N3O3. The summed E-state index contributed by atoms with van der Waals surface area (Å²) in [6, 6.07) is 4.98. The lowest BCUT2D eigenvalue weighted by atomic mass is 10.1. The lowest BCUT2D eigenvalue weighted by molar-refractivity contribution is -0.384. The number of likely N-dealkylation sites (tertiary alicyclic amines) is 1. The molecule has 0 spiro atoms. The Bertz CT molecular complexity index is 477. The molecule has 110 valence electrons. The minimum atomic E-state index is -0.433. The topological polar surface area (TPSA) is 81.6 Å². The Morgan fingerprint density at radius 3 is 3.05 bits per heavy atom. The lowest BCUT2D eigenvalue weighted by Gasteiger charge is -2.32. The highest BCUT2D eigenvalue weighted by molar-refractivity contribution is 5.62. The molecular weight excluding hydrogens is 258 g/mol. The molecule has 0 aromatic heterocycles. The molecule has 1 heterocycles. The van der Waals surface area contributed by atoms with Crippen LogP contribution in [-0.2, 0) is 11.3 Å². The summed E-state index contributed by atoms with van der Waals surface area (Å²) in [7, 11) is 0. The highest BCUT2D eigenvalue weighted by atomic mass is 16.6. The molecule has 1 aromatic rings. The van der Waals surface area contributed by atoms with Crippen molar-refractivity contribution in [3.05, 3.63) is 33.9 Å². The van der Waals surface area contributed by atoms with Gasteiger partial charge in [-0.3, -0.25) is 15.0 Å². The van der Waals surface area contributed by atoms with Crippen LogP contribution in [0.15, 0.2) is 18.2 Å². The number of para-hydroxylation sites is 1. The number of nitrogen functional groups attached to an aromatic ring is 1. The highest BCUT2D eigenvalue weighted by Crippen LogP contribution is 2.26. The zero-order valence-electron chi connectivity index (χ0n) is 11.7. The summed E-state index contributed by atoms with van der Waals surface area (Å²) >= 11 is 0. The molecule has 1 aliphatic heterocycles. The number of hydrogen-bond donors (Lipinski definition) is 1. The summed E-state index contributed by atoms with van der Waals surface area (Å²) in [4.78, 5) is 12.7. The van der Waals surface area contributed by atoms with Crippen molar-refractivity contribution in [2.45, 2.75) is 32.4 Å². The van der Waals surface area contributed by atoms with Gasteiger partial charge >= 0.3 is 0 Å². The first-order chi connectivity index (χ1) is 9.61. The molecule has 0 bridgehead atoms. The summed E-state index contributed by atoms with van der Waals surface area (Å²) in [5, 5.41) is 10.9. The Hall–Kier alpha value is -1.66. The lowest BCUT2D eigenvalue weighted by Crippen LogP contribution is -2.39. The Morgan fingerprint density at radius 2 is 2.35 bits per heavy atom. The van der Waals surface area contributed by atoms with Crippen LogP contribution in [0.4, 0.5) is 11.4 Å². The number of ether oxygens (including phenoxy) is 1. The van der Waals surface area contributed by atoms with Gasteiger partial charge in [0.05, 0.1) is 11.0 Å². The van der Waals surface area contributed by atoms with Crippen LogP contribution in [-0.4, -0.2) is 35.6 Å². The normalized spacial score (nSPS) is 19.9. The van der Waals surface area contributed by atoms with E-state index in [1.807, 2.05) is 13.0 Å². The van der Waals surface area contributed by atoms with E-state index >= 15 is 0 Å². The number of nitro benzene ring substituents is 1. The molecule has 0 saturated carbocycles. The minimum absolute atomic E-state index is 0.0131. The fourth-order valence-corrected chi connectivity index (χ4v) is 2.67. The van der Waals surface area contributed by atoms with Gasteiger partial charge in [0.15, 0.2) is 0 Å². The number of nitro groups is 1. The van der Waals surface area contributed by atoms with Crippen molar-refractivity contribution < 1.29 is 9.66 Å². The van der Waals surface area contributed by atoms with E-state index in [0.29, 0.717) is 6.54 Å². The molecule has 1 fully saturated rings. The molecule has 0 aliphatic carbocycles. The standard InChI is InChI=1S/C14H21N3O3/c1-2-20-12-6-4-8-16(10-12)9-11-5-3-7-13(14(11)15)17(18)19/h3,5,7,12H,2,4,6,8-10,15H2,1H3. The third kappa shape index (κ3) is 3.46. The number of hydrogen-bond acceptors (Lipinski definition) is 5. The summed E-state index contributed by atoms with van der Waals surface area (Å²) in [6.07, 6.45) is 2.42. The maximum absolute atomic E-state index is 10.9. The van der Waals surface area contributed by atoms with Crippen LogP contribution in [0.2, 0.25) is 0 Å². The minimum Gasteiger partial charge on any atom is -0.393 e. The number of benzene rings is 1. The maximum Gasteiger partial charge on any atom is 0.292 e. The molecule has 20 heavy (non-hydrogen) atoms. The summed E-state index contributed by atoms with van der Waals surface area (Å²) in [5.41, 5.74) is 6.97. The average molecular weight is 279 g/mol. The summed E-state index contributed by atoms with van der Waals surface area (Å²) in [6.45, 7) is 5.19. The first-order valence-electron chi connectivity index (χ1n) is 6.97. The second-order valence-corrected chi connectivity index (χ2v) is 5.06. The van der Waals surface area contributed by atoms with Crippen LogP contribution in [0.1, 0.15) is 25.3 Å². The fraction of sp³-hybridized carbons (Fsp3) is 0.571. The van der Waals surface area contributed by atoms with Crippen molar-refractivity contribution in [2.24, 2.45) is 0 Å². The molecule has 6 nitrogen and oxygen atoms in total. The van der Waals surface area contributed by atoms with Gasteiger partial charge in [0.2, 0.25) is 0 Å². The summed E-state index contributed by atoms with van der Waals surface area (Å²) < 4.78 is 5.66. The molecule has 0 amide bonds. The van der Waals surface area contributed by atoms with Crippen molar-refractivity contribution in [2.75, 3.05) is 25.4 Å². The smallest absolute Gasteiger partial charge is 0.292 e. The zero-order valence-corrected chi connectivity index (χ0v) is 11.7. The number of piperidine rings is 1. The molecule has 1 unspecified atom stereocenters. The quantitative estimate of drug-likeness (QED) is 0.507. The predicted octanol–water partition coefficient (Wildman–Crippen LogP) is 2.18. The molecule has 1 atom stereocenters. The number of nitrogens with two attached hydrogens (primary N) is 1. The van der Waals surface area contributed by atoms with E-state index in [1.165, 1.54) is 6.07 Å². The van der Waals surface area contributed by atoms with Gasteiger partial charge in [-0.15, -0.1) is 0 Å². The molecule has 0 radical (unpaired) electrons. The zero-order chi connectivity index (χ0) is 14.5. The Balaban J connectivity index is 2.06. The Labute approximate surface area is 118 Å². The van der Waals surface area contributed by atoms with Crippen LogP contribution >= 0.6 is 0 Å². The van der Waals surface area contributed by atoms with Gasteiger partial charge in [-0.1, -0.05) is 12.1 Å². The fourth-order valence-electron chi connectivity index (χ4n) is 2.67. The van der Waals surface area contributed by atoms with Gasteiger partial charge < -0.3 is 10.5 Å². The van der Waals surface area contributed by atoms with Crippen molar-refractivity contribution in [1.29, 1.82) is 0 Å². The van der Waals surface area contributed by atoms with Crippen LogP contribution in [0.3, 0.4) is 0 Å². The first kappa shape index (κ1) is 14.7. The number of rotatable bonds is 5.